The monoisotopic (exact) mass is 356 g/mol. The molecule has 1 heterocycles. The number of fused-ring (bicyclic) bond motifs is 1. The van der Waals surface area contributed by atoms with Crippen LogP contribution < -0.4 is 10.6 Å². The van der Waals surface area contributed by atoms with E-state index in [1.54, 1.807) is 18.3 Å². The molecule has 2 N–H and O–H groups in total. The van der Waals surface area contributed by atoms with E-state index in [0.717, 1.165) is 16.6 Å². The first-order valence-electron chi connectivity index (χ1n) is 8.65. The molecule has 134 valence electrons. The Morgan fingerprint density at radius 3 is 2.74 bits per heavy atom. The number of aromatic nitrogens is 1. The Hall–Kier alpha value is -3.65. The zero-order chi connectivity index (χ0) is 19.4. The van der Waals surface area contributed by atoms with Crippen molar-refractivity contribution in [2.75, 3.05) is 10.6 Å². The largest absolute Gasteiger partial charge is 0.354 e. The number of nitrogens with one attached hydrogen (secondary N) is 2. The van der Waals surface area contributed by atoms with Gasteiger partial charge in [-0.1, -0.05) is 32.6 Å². The van der Waals surface area contributed by atoms with Crippen LogP contribution in [-0.4, -0.2) is 10.9 Å². The van der Waals surface area contributed by atoms with Gasteiger partial charge in [0.2, 0.25) is 5.91 Å². The van der Waals surface area contributed by atoms with Crippen LogP contribution in [0.15, 0.2) is 61.3 Å². The maximum atomic E-state index is 11.6. The van der Waals surface area contributed by atoms with Crippen molar-refractivity contribution >= 4 is 33.9 Å². The molecule has 5 nitrogen and oxygen atoms in total. The van der Waals surface area contributed by atoms with Gasteiger partial charge in [-0.2, -0.15) is 5.26 Å². The van der Waals surface area contributed by atoms with Crippen molar-refractivity contribution in [2.45, 2.75) is 19.8 Å². The average Bonchev–Trinajstić information content (AvgIpc) is 2.68. The first-order chi connectivity index (χ1) is 13.0. The number of nitriles is 1. The minimum absolute atomic E-state index is 0.294. The Morgan fingerprint density at radius 2 is 2.04 bits per heavy atom. The van der Waals surface area contributed by atoms with Gasteiger partial charge in [0.05, 0.1) is 16.8 Å². The van der Waals surface area contributed by atoms with E-state index in [2.05, 4.69) is 54.2 Å². The summed E-state index contributed by atoms with van der Waals surface area (Å²) in [6.45, 7) is 7.73. The van der Waals surface area contributed by atoms with Crippen LogP contribution in [0.5, 0.6) is 0 Å². The van der Waals surface area contributed by atoms with Crippen LogP contribution in [0.2, 0.25) is 0 Å². The molecule has 1 amide bonds. The Bertz CT molecular complexity index is 1060. The van der Waals surface area contributed by atoms with Crippen LogP contribution in [-0.2, 0) is 4.79 Å². The summed E-state index contributed by atoms with van der Waals surface area (Å²) in [5, 5.41) is 16.4. The maximum Gasteiger partial charge on any atom is 0.247 e. The molecule has 1 aromatic heterocycles. The van der Waals surface area contributed by atoms with Gasteiger partial charge in [0.15, 0.2) is 0 Å². The summed E-state index contributed by atoms with van der Waals surface area (Å²) in [5.74, 6) is 0.106. The van der Waals surface area contributed by atoms with Crippen molar-refractivity contribution in [3.8, 4) is 6.07 Å². The third-order valence-corrected chi connectivity index (χ3v) is 4.26. The standard InChI is InChI=1S/C22H20N4O/c1-4-21(27)25-18-8-9-20-19(11-18)22(16(12-23)13-24-20)26-17-7-5-6-15(10-17)14(2)3/h4-11,13-14H,1H2,2-3H3,(H,24,26)(H,25,27). The smallest absolute Gasteiger partial charge is 0.247 e. The van der Waals surface area contributed by atoms with Crippen LogP contribution >= 0.6 is 0 Å². The fourth-order valence-electron chi connectivity index (χ4n) is 2.80. The first kappa shape index (κ1) is 18.2. The first-order valence-corrected chi connectivity index (χ1v) is 8.65. The number of rotatable bonds is 5. The van der Waals surface area contributed by atoms with Crippen molar-refractivity contribution in [3.05, 3.63) is 72.4 Å². The molecule has 0 aliphatic carbocycles. The summed E-state index contributed by atoms with van der Waals surface area (Å²) in [7, 11) is 0. The molecule has 0 spiro atoms. The number of hydrogen-bond donors (Lipinski definition) is 2. The number of pyridine rings is 1. The van der Waals surface area contributed by atoms with E-state index >= 15 is 0 Å². The van der Waals surface area contributed by atoms with E-state index in [9.17, 15) is 10.1 Å². The van der Waals surface area contributed by atoms with Crippen molar-refractivity contribution in [3.63, 3.8) is 0 Å². The van der Waals surface area contributed by atoms with E-state index in [4.69, 9.17) is 0 Å². The Morgan fingerprint density at radius 1 is 1.22 bits per heavy atom. The summed E-state index contributed by atoms with van der Waals surface area (Å²) in [5.41, 5.74) is 4.54. The predicted molar refractivity (Wildman–Crippen MR) is 109 cm³/mol. The third kappa shape index (κ3) is 3.96. The summed E-state index contributed by atoms with van der Waals surface area (Å²) in [6, 6.07) is 15.7. The third-order valence-electron chi connectivity index (χ3n) is 4.26. The highest BCUT2D eigenvalue weighted by Gasteiger charge is 2.11. The van der Waals surface area contributed by atoms with Gasteiger partial charge >= 0.3 is 0 Å². The number of hydrogen-bond acceptors (Lipinski definition) is 4. The van der Waals surface area contributed by atoms with Crippen molar-refractivity contribution in [1.82, 2.24) is 4.98 Å². The molecule has 0 radical (unpaired) electrons. The molecule has 2 aromatic carbocycles. The lowest BCUT2D eigenvalue weighted by Crippen LogP contribution is -2.07. The Labute approximate surface area is 158 Å². The van der Waals surface area contributed by atoms with Gasteiger partial charge < -0.3 is 10.6 Å². The lowest BCUT2D eigenvalue weighted by atomic mass is 10.0. The molecule has 3 aromatic rings. The van der Waals surface area contributed by atoms with E-state index in [0.29, 0.717) is 22.9 Å². The van der Waals surface area contributed by atoms with Crippen LogP contribution in [0.1, 0.15) is 30.9 Å². The number of carbonyl (C=O) groups excluding carboxylic acids is 1. The maximum absolute atomic E-state index is 11.6. The quantitative estimate of drug-likeness (QED) is 0.624. The van der Waals surface area contributed by atoms with Crippen LogP contribution in [0.3, 0.4) is 0 Å². The van der Waals surface area contributed by atoms with Crippen molar-refractivity contribution in [2.24, 2.45) is 0 Å². The summed E-state index contributed by atoms with van der Waals surface area (Å²) < 4.78 is 0. The van der Waals surface area contributed by atoms with Gasteiger partial charge in [-0.3, -0.25) is 9.78 Å². The minimum Gasteiger partial charge on any atom is -0.354 e. The molecule has 0 bridgehead atoms. The van der Waals surface area contributed by atoms with Gasteiger partial charge in [-0.05, 0) is 47.9 Å². The molecule has 0 aliphatic rings. The van der Waals surface area contributed by atoms with Gasteiger partial charge in [0.1, 0.15) is 6.07 Å². The highest BCUT2D eigenvalue weighted by atomic mass is 16.1. The predicted octanol–water partition coefficient (Wildman–Crippen LogP) is 5.10. The Balaban J connectivity index is 2.10. The molecular weight excluding hydrogens is 336 g/mol. The molecule has 27 heavy (non-hydrogen) atoms. The topological polar surface area (TPSA) is 77.8 Å². The number of anilines is 3. The minimum atomic E-state index is -0.294. The molecule has 0 saturated heterocycles. The van der Waals surface area contributed by atoms with Gasteiger partial charge in [-0.15, -0.1) is 0 Å². The van der Waals surface area contributed by atoms with Crippen LogP contribution in [0.25, 0.3) is 10.9 Å². The second kappa shape index (κ2) is 7.71. The van der Waals surface area contributed by atoms with Crippen LogP contribution in [0.4, 0.5) is 17.1 Å². The number of carbonyl (C=O) groups is 1. The van der Waals surface area contributed by atoms with E-state index < -0.39 is 0 Å². The zero-order valence-corrected chi connectivity index (χ0v) is 15.3. The molecule has 3 rings (SSSR count). The number of amides is 1. The molecule has 0 saturated carbocycles. The Kier molecular flexibility index (Phi) is 5.18. The molecule has 0 fully saturated rings. The SMILES string of the molecule is C=CC(=O)Nc1ccc2ncc(C#N)c(Nc3cccc(C(C)C)c3)c2c1. The zero-order valence-electron chi connectivity index (χ0n) is 15.3. The number of benzene rings is 2. The van der Waals surface area contributed by atoms with Crippen molar-refractivity contribution in [1.29, 1.82) is 5.26 Å². The molecule has 0 aliphatic heterocycles. The van der Waals surface area contributed by atoms with Gasteiger partial charge in [0.25, 0.3) is 0 Å². The van der Waals surface area contributed by atoms with Crippen LogP contribution in [0, 0.1) is 11.3 Å². The van der Waals surface area contributed by atoms with Crippen molar-refractivity contribution < 1.29 is 4.79 Å². The summed E-state index contributed by atoms with van der Waals surface area (Å²) in [4.78, 5) is 15.9. The average molecular weight is 356 g/mol. The fourth-order valence-corrected chi connectivity index (χ4v) is 2.80. The molecule has 0 unspecified atom stereocenters. The summed E-state index contributed by atoms with van der Waals surface area (Å²) >= 11 is 0. The van der Waals surface area contributed by atoms with E-state index in [1.807, 2.05) is 18.2 Å². The lowest BCUT2D eigenvalue weighted by Gasteiger charge is -2.14. The van der Waals surface area contributed by atoms with E-state index in [-0.39, 0.29) is 5.91 Å². The molecular formula is C22H20N4O. The normalized spacial score (nSPS) is 10.4. The molecule has 0 atom stereocenters. The highest BCUT2D eigenvalue weighted by molar-refractivity contribution is 6.02. The summed E-state index contributed by atoms with van der Waals surface area (Å²) in [6.07, 6.45) is 2.77. The molecule has 5 heteroatoms. The van der Waals surface area contributed by atoms with Gasteiger partial charge in [0, 0.05) is 23.0 Å². The van der Waals surface area contributed by atoms with Gasteiger partial charge in [-0.25, -0.2) is 0 Å². The number of nitrogens with zero attached hydrogens (tertiary/aromatic N) is 2. The second-order valence-corrected chi connectivity index (χ2v) is 6.49. The second-order valence-electron chi connectivity index (χ2n) is 6.49. The van der Waals surface area contributed by atoms with E-state index in [1.165, 1.54) is 11.6 Å². The lowest BCUT2D eigenvalue weighted by molar-refractivity contribution is -0.111. The fraction of sp³-hybridized carbons (Fsp3) is 0.136. The highest BCUT2D eigenvalue weighted by Crippen LogP contribution is 2.31.